The van der Waals surface area contributed by atoms with Gasteiger partial charge >= 0.3 is 0 Å². The number of piperazine rings is 1. The van der Waals surface area contributed by atoms with Gasteiger partial charge in [0.2, 0.25) is 0 Å². The zero-order valence-electron chi connectivity index (χ0n) is 15.9. The van der Waals surface area contributed by atoms with Crippen LogP contribution >= 0.6 is 0 Å². The first-order valence-electron chi connectivity index (χ1n) is 9.59. The number of carbonyl (C=O) groups excluding carboxylic acids is 1. The van der Waals surface area contributed by atoms with Gasteiger partial charge in [-0.05, 0) is 42.8 Å². The molecule has 144 valence electrons. The number of para-hydroxylation sites is 1. The van der Waals surface area contributed by atoms with Crippen molar-refractivity contribution in [3.63, 3.8) is 0 Å². The summed E-state index contributed by atoms with van der Waals surface area (Å²) in [6.07, 6.45) is 2.30. The summed E-state index contributed by atoms with van der Waals surface area (Å²) >= 11 is 0. The highest BCUT2D eigenvalue weighted by atomic mass is 19.1. The van der Waals surface area contributed by atoms with Crippen molar-refractivity contribution in [3.8, 4) is 5.69 Å². The van der Waals surface area contributed by atoms with E-state index < -0.39 is 0 Å². The van der Waals surface area contributed by atoms with Crippen LogP contribution < -0.4 is 4.90 Å². The van der Waals surface area contributed by atoms with Crippen LogP contribution in [0.1, 0.15) is 23.0 Å². The molecule has 0 radical (unpaired) electrons. The molecule has 1 amide bonds. The summed E-state index contributed by atoms with van der Waals surface area (Å²) < 4.78 is 15.0. The number of halogens is 1. The Kier molecular flexibility index (Phi) is 5.10. The fourth-order valence-electron chi connectivity index (χ4n) is 3.67. The summed E-state index contributed by atoms with van der Waals surface area (Å²) in [5.74, 6) is -0.278. The standard InChI is InChI=1S/C22H23FN4O/c1-2-21-20(16-24-27(21)19-10-8-17(23)9-11-19)22(28)26-14-12-25(13-15-26)18-6-4-3-5-7-18/h3-11,16H,2,12-15H2,1H3. The maximum atomic E-state index is 13.2. The maximum absolute atomic E-state index is 13.2. The Bertz CT molecular complexity index is 944. The van der Waals surface area contributed by atoms with E-state index >= 15 is 0 Å². The first-order valence-corrected chi connectivity index (χ1v) is 9.59. The molecule has 1 fully saturated rings. The van der Waals surface area contributed by atoms with Crippen molar-refractivity contribution >= 4 is 11.6 Å². The molecule has 6 heteroatoms. The molecule has 0 aliphatic carbocycles. The minimum Gasteiger partial charge on any atom is -0.368 e. The van der Waals surface area contributed by atoms with Gasteiger partial charge in [0.1, 0.15) is 5.82 Å². The fourth-order valence-corrected chi connectivity index (χ4v) is 3.67. The van der Waals surface area contributed by atoms with Crippen LogP contribution in [-0.2, 0) is 6.42 Å². The smallest absolute Gasteiger partial charge is 0.257 e. The normalized spacial score (nSPS) is 14.4. The van der Waals surface area contributed by atoms with Crippen LogP contribution in [0.3, 0.4) is 0 Å². The lowest BCUT2D eigenvalue weighted by molar-refractivity contribution is 0.0745. The molecule has 1 aliphatic rings. The van der Waals surface area contributed by atoms with Crippen molar-refractivity contribution in [1.82, 2.24) is 14.7 Å². The third kappa shape index (κ3) is 3.50. The van der Waals surface area contributed by atoms with Gasteiger partial charge in [0.05, 0.1) is 23.1 Å². The van der Waals surface area contributed by atoms with Crippen LogP contribution in [0, 0.1) is 5.82 Å². The molecule has 4 rings (SSSR count). The summed E-state index contributed by atoms with van der Waals surface area (Å²) in [6.45, 7) is 4.98. The van der Waals surface area contributed by atoms with E-state index in [2.05, 4.69) is 22.1 Å². The van der Waals surface area contributed by atoms with Crippen molar-refractivity contribution in [1.29, 1.82) is 0 Å². The van der Waals surface area contributed by atoms with Crippen LogP contribution in [-0.4, -0.2) is 46.8 Å². The van der Waals surface area contributed by atoms with Crippen LogP contribution in [0.2, 0.25) is 0 Å². The molecular weight excluding hydrogens is 355 g/mol. The summed E-state index contributed by atoms with van der Waals surface area (Å²) in [5.41, 5.74) is 3.42. The van der Waals surface area contributed by atoms with Crippen LogP contribution in [0.25, 0.3) is 5.69 Å². The highest BCUT2D eigenvalue weighted by Gasteiger charge is 2.26. The highest BCUT2D eigenvalue weighted by Crippen LogP contribution is 2.20. The van der Waals surface area contributed by atoms with Gasteiger partial charge in [0.15, 0.2) is 0 Å². The highest BCUT2D eigenvalue weighted by molar-refractivity contribution is 5.95. The van der Waals surface area contributed by atoms with E-state index in [1.807, 2.05) is 30.0 Å². The van der Waals surface area contributed by atoms with Crippen molar-refractivity contribution in [3.05, 3.63) is 77.9 Å². The Morgan fingerprint density at radius 3 is 2.29 bits per heavy atom. The minimum atomic E-state index is -0.290. The largest absolute Gasteiger partial charge is 0.368 e. The number of nitrogens with zero attached hydrogens (tertiary/aromatic N) is 4. The van der Waals surface area contributed by atoms with E-state index in [0.29, 0.717) is 25.1 Å². The van der Waals surface area contributed by atoms with Crippen LogP contribution in [0.5, 0.6) is 0 Å². The van der Waals surface area contributed by atoms with E-state index in [-0.39, 0.29) is 11.7 Å². The lowest BCUT2D eigenvalue weighted by Crippen LogP contribution is -2.48. The molecule has 0 N–H and O–H groups in total. The number of carbonyl (C=O) groups is 1. The number of hydrogen-bond donors (Lipinski definition) is 0. The molecule has 0 atom stereocenters. The van der Waals surface area contributed by atoms with E-state index in [9.17, 15) is 9.18 Å². The van der Waals surface area contributed by atoms with Gasteiger partial charge in [-0.3, -0.25) is 4.79 Å². The molecule has 2 aromatic carbocycles. The molecule has 0 spiro atoms. The van der Waals surface area contributed by atoms with Crippen molar-refractivity contribution in [2.45, 2.75) is 13.3 Å². The van der Waals surface area contributed by atoms with E-state index in [1.54, 1.807) is 23.0 Å². The average molecular weight is 378 g/mol. The lowest BCUT2D eigenvalue weighted by atomic mass is 10.1. The number of rotatable bonds is 4. The Hall–Kier alpha value is -3.15. The van der Waals surface area contributed by atoms with Crippen molar-refractivity contribution in [2.75, 3.05) is 31.1 Å². The molecular formula is C22H23FN4O. The fraction of sp³-hybridized carbons (Fsp3) is 0.273. The Balaban J connectivity index is 1.50. The minimum absolute atomic E-state index is 0.0120. The number of anilines is 1. The van der Waals surface area contributed by atoms with Crippen molar-refractivity contribution in [2.24, 2.45) is 0 Å². The lowest BCUT2D eigenvalue weighted by Gasteiger charge is -2.36. The van der Waals surface area contributed by atoms with E-state index in [4.69, 9.17) is 0 Å². The van der Waals surface area contributed by atoms with Gasteiger partial charge in [-0.25, -0.2) is 9.07 Å². The molecule has 2 heterocycles. The molecule has 1 aromatic heterocycles. The Morgan fingerprint density at radius 2 is 1.64 bits per heavy atom. The predicted molar refractivity (Wildman–Crippen MR) is 107 cm³/mol. The molecule has 28 heavy (non-hydrogen) atoms. The third-order valence-electron chi connectivity index (χ3n) is 5.19. The molecule has 0 unspecified atom stereocenters. The van der Waals surface area contributed by atoms with E-state index in [1.165, 1.54) is 17.8 Å². The molecule has 0 saturated carbocycles. The molecule has 1 aliphatic heterocycles. The summed E-state index contributed by atoms with van der Waals surface area (Å²) in [7, 11) is 0. The summed E-state index contributed by atoms with van der Waals surface area (Å²) in [5, 5.41) is 4.40. The molecule has 1 saturated heterocycles. The second-order valence-electron chi connectivity index (χ2n) is 6.86. The van der Waals surface area contributed by atoms with Gasteiger partial charge in [-0.2, -0.15) is 5.10 Å². The van der Waals surface area contributed by atoms with Gasteiger partial charge in [-0.15, -0.1) is 0 Å². The average Bonchev–Trinajstić information content (AvgIpc) is 3.18. The predicted octanol–water partition coefficient (Wildman–Crippen LogP) is 3.54. The third-order valence-corrected chi connectivity index (χ3v) is 5.19. The summed E-state index contributed by atoms with van der Waals surface area (Å²) in [6, 6.07) is 16.4. The second kappa shape index (κ2) is 7.84. The van der Waals surface area contributed by atoms with Crippen LogP contribution in [0.4, 0.5) is 10.1 Å². The van der Waals surface area contributed by atoms with Crippen LogP contribution in [0.15, 0.2) is 60.8 Å². The first-order chi connectivity index (χ1) is 13.7. The summed E-state index contributed by atoms with van der Waals surface area (Å²) in [4.78, 5) is 17.3. The maximum Gasteiger partial charge on any atom is 0.257 e. The van der Waals surface area contributed by atoms with Crippen molar-refractivity contribution < 1.29 is 9.18 Å². The molecule has 3 aromatic rings. The number of benzene rings is 2. The van der Waals surface area contributed by atoms with Gasteiger partial charge in [0.25, 0.3) is 5.91 Å². The topological polar surface area (TPSA) is 41.4 Å². The number of amides is 1. The number of hydrogen-bond acceptors (Lipinski definition) is 3. The molecule has 0 bridgehead atoms. The van der Waals surface area contributed by atoms with Gasteiger partial charge in [0, 0.05) is 31.9 Å². The number of aromatic nitrogens is 2. The Labute approximate surface area is 164 Å². The monoisotopic (exact) mass is 378 g/mol. The van der Waals surface area contributed by atoms with Gasteiger partial charge in [-0.1, -0.05) is 25.1 Å². The van der Waals surface area contributed by atoms with Gasteiger partial charge < -0.3 is 9.80 Å². The zero-order valence-corrected chi connectivity index (χ0v) is 15.9. The Morgan fingerprint density at radius 1 is 0.964 bits per heavy atom. The SMILES string of the molecule is CCc1c(C(=O)N2CCN(c3ccccc3)CC2)cnn1-c1ccc(F)cc1. The first kappa shape index (κ1) is 18.2. The zero-order chi connectivity index (χ0) is 19.5. The second-order valence-corrected chi connectivity index (χ2v) is 6.86. The van der Waals surface area contributed by atoms with E-state index in [0.717, 1.165) is 24.5 Å². The quantitative estimate of drug-likeness (QED) is 0.697. The molecule has 5 nitrogen and oxygen atoms in total.